The number of nitrogens with zero attached hydrogens (tertiary/aromatic N) is 2. The average molecular weight is 368 g/mol. The third-order valence-electron chi connectivity index (χ3n) is 5.73. The van der Waals surface area contributed by atoms with E-state index in [1.54, 1.807) is 0 Å². The highest BCUT2D eigenvalue weighted by Gasteiger charge is 2.18. The maximum atomic E-state index is 5.95. The molecule has 0 saturated heterocycles. The molecule has 4 aromatic rings. The van der Waals surface area contributed by atoms with E-state index in [9.17, 15) is 0 Å². The van der Waals surface area contributed by atoms with Gasteiger partial charge >= 0.3 is 0 Å². The summed E-state index contributed by atoms with van der Waals surface area (Å²) >= 11 is 0. The molecule has 2 aromatic carbocycles. The van der Waals surface area contributed by atoms with E-state index < -0.39 is 0 Å². The number of ether oxygens (including phenoxy) is 1. The van der Waals surface area contributed by atoms with Crippen molar-refractivity contribution in [2.24, 2.45) is 0 Å². The molecule has 0 amide bonds. The molecule has 0 spiro atoms. The summed E-state index contributed by atoms with van der Waals surface area (Å²) in [4.78, 5) is 9.20. The van der Waals surface area contributed by atoms with Gasteiger partial charge in [-0.2, -0.15) is 0 Å². The van der Waals surface area contributed by atoms with E-state index >= 15 is 0 Å². The van der Waals surface area contributed by atoms with E-state index in [1.807, 2.05) is 12.4 Å². The van der Waals surface area contributed by atoms with Crippen LogP contribution in [0.25, 0.3) is 21.8 Å². The first-order chi connectivity index (χ1) is 13.7. The SMILES string of the molecule is Cc1ccc2c(c1)ncc1ncc(CCc3ccc(OC4CCC4)cc3)cc12. The van der Waals surface area contributed by atoms with Crippen molar-refractivity contribution in [1.82, 2.24) is 9.97 Å². The Morgan fingerprint density at radius 1 is 0.821 bits per heavy atom. The first kappa shape index (κ1) is 17.2. The van der Waals surface area contributed by atoms with Crippen LogP contribution < -0.4 is 4.74 Å². The highest BCUT2D eigenvalue weighted by atomic mass is 16.5. The van der Waals surface area contributed by atoms with Gasteiger partial charge in [-0.15, -0.1) is 0 Å². The Balaban J connectivity index is 1.34. The van der Waals surface area contributed by atoms with Gasteiger partial charge in [-0.05, 0) is 80.0 Å². The topological polar surface area (TPSA) is 35.0 Å². The number of fused-ring (bicyclic) bond motifs is 3. The van der Waals surface area contributed by atoms with Crippen molar-refractivity contribution in [2.45, 2.75) is 45.1 Å². The number of aryl methyl sites for hydroxylation is 3. The monoisotopic (exact) mass is 368 g/mol. The molecule has 1 aliphatic carbocycles. The van der Waals surface area contributed by atoms with Crippen molar-refractivity contribution in [1.29, 1.82) is 0 Å². The number of hydrogen-bond acceptors (Lipinski definition) is 3. The summed E-state index contributed by atoms with van der Waals surface area (Å²) in [5.74, 6) is 0.995. The second-order valence-corrected chi connectivity index (χ2v) is 7.87. The van der Waals surface area contributed by atoms with E-state index in [0.29, 0.717) is 6.10 Å². The largest absolute Gasteiger partial charge is 0.490 e. The molecule has 0 radical (unpaired) electrons. The molecule has 0 aliphatic heterocycles. The van der Waals surface area contributed by atoms with Crippen LogP contribution in [0.15, 0.2) is 60.9 Å². The normalized spacial score (nSPS) is 14.3. The first-order valence-corrected chi connectivity index (χ1v) is 10.1. The summed E-state index contributed by atoms with van der Waals surface area (Å²) in [6.45, 7) is 2.10. The van der Waals surface area contributed by atoms with Crippen molar-refractivity contribution >= 4 is 21.8 Å². The Bertz CT molecular complexity index is 1130. The second kappa shape index (κ2) is 7.23. The lowest BCUT2D eigenvalue weighted by molar-refractivity contribution is 0.120. The molecule has 1 saturated carbocycles. The molecule has 140 valence electrons. The van der Waals surface area contributed by atoms with Gasteiger partial charge in [0.1, 0.15) is 5.75 Å². The van der Waals surface area contributed by atoms with Crippen molar-refractivity contribution in [2.75, 3.05) is 0 Å². The minimum atomic E-state index is 0.433. The zero-order valence-corrected chi connectivity index (χ0v) is 16.2. The maximum Gasteiger partial charge on any atom is 0.119 e. The van der Waals surface area contributed by atoms with Crippen LogP contribution in [0.1, 0.15) is 36.0 Å². The van der Waals surface area contributed by atoms with Crippen LogP contribution in [0, 0.1) is 6.92 Å². The van der Waals surface area contributed by atoms with Crippen LogP contribution in [0.5, 0.6) is 5.75 Å². The van der Waals surface area contributed by atoms with Gasteiger partial charge in [-0.25, -0.2) is 0 Å². The van der Waals surface area contributed by atoms with Crippen LogP contribution in [0.3, 0.4) is 0 Å². The van der Waals surface area contributed by atoms with Crippen molar-refractivity contribution in [3.63, 3.8) is 0 Å². The lowest BCUT2D eigenvalue weighted by Gasteiger charge is -2.26. The van der Waals surface area contributed by atoms with Gasteiger partial charge < -0.3 is 4.74 Å². The smallest absolute Gasteiger partial charge is 0.119 e. The van der Waals surface area contributed by atoms with E-state index in [1.165, 1.54) is 46.7 Å². The van der Waals surface area contributed by atoms with E-state index in [2.05, 4.69) is 65.4 Å². The third-order valence-corrected chi connectivity index (χ3v) is 5.73. The first-order valence-electron chi connectivity index (χ1n) is 10.1. The van der Waals surface area contributed by atoms with E-state index in [-0.39, 0.29) is 0 Å². The minimum Gasteiger partial charge on any atom is -0.490 e. The second-order valence-electron chi connectivity index (χ2n) is 7.87. The standard InChI is InChI=1S/C25H24N2O/c1-17-5-12-22-23-14-19(15-26-25(23)16-27-24(22)13-17)7-6-18-8-10-21(11-9-18)28-20-3-2-4-20/h5,8-16,20H,2-4,6-7H2,1H3. The Morgan fingerprint density at radius 3 is 2.39 bits per heavy atom. The minimum absolute atomic E-state index is 0.433. The van der Waals surface area contributed by atoms with Crippen LogP contribution in [0.2, 0.25) is 0 Å². The quantitative estimate of drug-likeness (QED) is 0.417. The fourth-order valence-electron chi connectivity index (χ4n) is 3.79. The lowest BCUT2D eigenvalue weighted by Crippen LogP contribution is -2.24. The number of benzene rings is 2. The highest BCUT2D eigenvalue weighted by Crippen LogP contribution is 2.26. The molecular formula is C25H24N2O. The molecule has 28 heavy (non-hydrogen) atoms. The molecule has 0 bridgehead atoms. The van der Waals surface area contributed by atoms with Gasteiger partial charge in [0, 0.05) is 17.0 Å². The Hall–Kier alpha value is -2.94. The molecule has 3 heteroatoms. The van der Waals surface area contributed by atoms with Crippen molar-refractivity contribution in [3.8, 4) is 5.75 Å². The van der Waals surface area contributed by atoms with Crippen LogP contribution >= 0.6 is 0 Å². The molecule has 0 unspecified atom stereocenters. The lowest BCUT2D eigenvalue weighted by atomic mass is 9.96. The Morgan fingerprint density at radius 2 is 1.61 bits per heavy atom. The van der Waals surface area contributed by atoms with Crippen LogP contribution in [0.4, 0.5) is 0 Å². The zero-order chi connectivity index (χ0) is 18.9. The molecule has 1 fully saturated rings. The molecule has 0 N–H and O–H groups in total. The van der Waals surface area contributed by atoms with Gasteiger partial charge in [0.2, 0.25) is 0 Å². The Kier molecular flexibility index (Phi) is 4.44. The van der Waals surface area contributed by atoms with Gasteiger partial charge in [-0.1, -0.05) is 24.3 Å². The van der Waals surface area contributed by atoms with Gasteiger partial charge in [-0.3, -0.25) is 9.97 Å². The predicted molar refractivity (Wildman–Crippen MR) is 114 cm³/mol. The van der Waals surface area contributed by atoms with Gasteiger partial charge in [0.05, 0.1) is 23.3 Å². The van der Waals surface area contributed by atoms with Crippen molar-refractivity contribution < 1.29 is 4.74 Å². The van der Waals surface area contributed by atoms with Crippen LogP contribution in [-0.2, 0) is 12.8 Å². The highest BCUT2D eigenvalue weighted by molar-refractivity contribution is 6.04. The summed E-state index contributed by atoms with van der Waals surface area (Å²) in [7, 11) is 0. The molecular weight excluding hydrogens is 344 g/mol. The Labute approximate surface area is 165 Å². The predicted octanol–water partition coefficient (Wildman–Crippen LogP) is 5.81. The molecule has 5 rings (SSSR count). The summed E-state index contributed by atoms with van der Waals surface area (Å²) in [6, 6.07) is 17.3. The summed E-state index contributed by atoms with van der Waals surface area (Å²) in [5, 5.41) is 2.36. The number of rotatable bonds is 5. The van der Waals surface area contributed by atoms with Gasteiger partial charge in [0.25, 0.3) is 0 Å². The number of aromatic nitrogens is 2. The van der Waals surface area contributed by atoms with E-state index in [0.717, 1.165) is 29.6 Å². The summed E-state index contributed by atoms with van der Waals surface area (Å²) in [5.41, 5.74) is 5.81. The fraction of sp³-hybridized carbons (Fsp3) is 0.280. The number of pyridine rings is 2. The van der Waals surface area contributed by atoms with Crippen LogP contribution in [-0.4, -0.2) is 16.1 Å². The molecule has 3 nitrogen and oxygen atoms in total. The van der Waals surface area contributed by atoms with Gasteiger partial charge in [0.15, 0.2) is 0 Å². The zero-order valence-electron chi connectivity index (χ0n) is 16.2. The average Bonchev–Trinajstić information content (AvgIpc) is 2.69. The van der Waals surface area contributed by atoms with E-state index in [4.69, 9.17) is 4.74 Å². The fourth-order valence-corrected chi connectivity index (χ4v) is 3.79. The number of hydrogen-bond donors (Lipinski definition) is 0. The molecule has 1 aliphatic rings. The summed E-state index contributed by atoms with van der Waals surface area (Å²) < 4.78 is 5.95. The summed E-state index contributed by atoms with van der Waals surface area (Å²) in [6.07, 6.45) is 9.96. The molecule has 0 atom stereocenters. The molecule has 2 heterocycles. The third kappa shape index (κ3) is 3.45. The maximum absolute atomic E-state index is 5.95. The van der Waals surface area contributed by atoms with Crippen molar-refractivity contribution in [3.05, 3.63) is 77.6 Å². The molecule has 2 aromatic heterocycles.